The lowest BCUT2D eigenvalue weighted by atomic mass is 9.95. The van der Waals surface area contributed by atoms with Crippen LogP contribution >= 0.6 is 12.4 Å². The lowest BCUT2D eigenvalue weighted by molar-refractivity contribution is -0.137. The van der Waals surface area contributed by atoms with Gasteiger partial charge in [-0.15, -0.1) is 12.4 Å². The normalized spacial score (nSPS) is 22.2. The van der Waals surface area contributed by atoms with Crippen molar-refractivity contribution in [2.24, 2.45) is 17.8 Å². The van der Waals surface area contributed by atoms with Crippen LogP contribution in [0.3, 0.4) is 0 Å². The van der Waals surface area contributed by atoms with Crippen LogP contribution in [0.1, 0.15) is 46.5 Å². The van der Waals surface area contributed by atoms with Crippen molar-refractivity contribution >= 4 is 18.3 Å². The fourth-order valence-corrected chi connectivity index (χ4v) is 2.53. The Kier molecular flexibility index (Phi) is 6.61. The molecule has 0 bridgehead atoms. The molecule has 1 unspecified atom stereocenters. The van der Waals surface area contributed by atoms with E-state index in [4.69, 9.17) is 0 Å². The van der Waals surface area contributed by atoms with Gasteiger partial charge in [0, 0.05) is 25.0 Å². The van der Waals surface area contributed by atoms with Gasteiger partial charge in [0.1, 0.15) is 0 Å². The highest BCUT2D eigenvalue weighted by molar-refractivity contribution is 5.85. The summed E-state index contributed by atoms with van der Waals surface area (Å²) < 4.78 is 0. The van der Waals surface area contributed by atoms with Crippen molar-refractivity contribution in [3.05, 3.63) is 0 Å². The number of carbonyl (C=O) groups is 1. The van der Waals surface area contributed by atoms with Gasteiger partial charge in [-0.2, -0.15) is 0 Å². The van der Waals surface area contributed by atoms with E-state index < -0.39 is 0 Å². The first-order valence-electron chi connectivity index (χ1n) is 7.60. The SMILES string of the molecule is CC(C)C(C)C(=O)N1CCC(NCC2CC2)CC1.Cl. The fraction of sp³-hybridized carbons (Fsp3) is 0.933. The van der Waals surface area contributed by atoms with E-state index in [0.29, 0.717) is 17.9 Å². The molecule has 19 heavy (non-hydrogen) atoms. The van der Waals surface area contributed by atoms with Crippen LogP contribution in [0.15, 0.2) is 0 Å². The summed E-state index contributed by atoms with van der Waals surface area (Å²) in [5.74, 6) is 1.92. The molecule has 0 aromatic carbocycles. The van der Waals surface area contributed by atoms with E-state index in [1.165, 1.54) is 19.4 Å². The van der Waals surface area contributed by atoms with Gasteiger partial charge in [0.2, 0.25) is 5.91 Å². The molecule has 2 rings (SSSR count). The first kappa shape index (κ1) is 16.8. The summed E-state index contributed by atoms with van der Waals surface area (Å²) in [6.45, 7) is 9.40. The van der Waals surface area contributed by atoms with Crippen LogP contribution in [0, 0.1) is 17.8 Å². The molecule has 3 nitrogen and oxygen atoms in total. The maximum atomic E-state index is 12.2. The zero-order valence-electron chi connectivity index (χ0n) is 12.5. The molecular weight excluding hydrogens is 260 g/mol. The quantitative estimate of drug-likeness (QED) is 0.844. The average molecular weight is 289 g/mol. The van der Waals surface area contributed by atoms with E-state index in [1.54, 1.807) is 0 Å². The molecule has 4 heteroatoms. The molecule has 2 aliphatic rings. The highest BCUT2D eigenvalue weighted by atomic mass is 35.5. The van der Waals surface area contributed by atoms with E-state index in [1.807, 2.05) is 0 Å². The van der Waals surface area contributed by atoms with Crippen molar-refractivity contribution in [3.63, 3.8) is 0 Å². The van der Waals surface area contributed by atoms with Crippen LogP contribution in [0.25, 0.3) is 0 Å². The molecule has 1 saturated carbocycles. The summed E-state index contributed by atoms with van der Waals surface area (Å²) in [4.78, 5) is 14.3. The molecule has 2 fully saturated rings. The van der Waals surface area contributed by atoms with Gasteiger partial charge in [0.05, 0.1) is 0 Å². The first-order valence-corrected chi connectivity index (χ1v) is 7.60. The summed E-state index contributed by atoms with van der Waals surface area (Å²) in [5.41, 5.74) is 0. The van der Waals surface area contributed by atoms with Gasteiger partial charge in [0.15, 0.2) is 0 Å². The highest BCUT2D eigenvalue weighted by Gasteiger charge is 2.28. The Bertz CT molecular complexity index is 284. The molecule has 0 aromatic rings. The third kappa shape index (κ3) is 4.96. The molecule has 0 radical (unpaired) electrons. The summed E-state index contributed by atoms with van der Waals surface area (Å²) in [6, 6.07) is 0.643. The van der Waals surface area contributed by atoms with E-state index in [2.05, 4.69) is 31.0 Å². The minimum atomic E-state index is 0. The smallest absolute Gasteiger partial charge is 0.225 e. The van der Waals surface area contributed by atoms with Crippen molar-refractivity contribution in [1.82, 2.24) is 10.2 Å². The van der Waals surface area contributed by atoms with Gasteiger partial charge in [-0.1, -0.05) is 20.8 Å². The second kappa shape index (κ2) is 7.49. The van der Waals surface area contributed by atoms with E-state index in [0.717, 1.165) is 31.8 Å². The first-order chi connectivity index (χ1) is 8.58. The largest absolute Gasteiger partial charge is 0.342 e. The van der Waals surface area contributed by atoms with E-state index in [9.17, 15) is 4.79 Å². The number of hydrogen-bond donors (Lipinski definition) is 1. The molecule has 1 aliphatic heterocycles. The Morgan fingerprint density at radius 3 is 2.21 bits per heavy atom. The van der Waals surface area contributed by atoms with E-state index >= 15 is 0 Å². The van der Waals surface area contributed by atoms with Crippen LogP contribution < -0.4 is 5.32 Å². The molecule has 1 atom stereocenters. The molecule has 112 valence electrons. The molecule has 1 aliphatic carbocycles. The van der Waals surface area contributed by atoms with Crippen LogP contribution in [-0.4, -0.2) is 36.5 Å². The Labute approximate surface area is 123 Å². The van der Waals surface area contributed by atoms with Gasteiger partial charge in [-0.3, -0.25) is 4.79 Å². The number of hydrogen-bond acceptors (Lipinski definition) is 2. The van der Waals surface area contributed by atoms with Crippen LogP contribution in [0.4, 0.5) is 0 Å². The minimum Gasteiger partial charge on any atom is -0.342 e. The maximum absolute atomic E-state index is 12.2. The zero-order chi connectivity index (χ0) is 13.1. The average Bonchev–Trinajstić information content (AvgIpc) is 3.19. The van der Waals surface area contributed by atoms with Crippen molar-refractivity contribution in [1.29, 1.82) is 0 Å². The Hall–Kier alpha value is -0.280. The fourth-order valence-electron chi connectivity index (χ4n) is 2.53. The number of carbonyl (C=O) groups excluding carboxylic acids is 1. The second-order valence-corrected chi connectivity index (χ2v) is 6.48. The van der Waals surface area contributed by atoms with E-state index in [-0.39, 0.29) is 18.3 Å². The lowest BCUT2D eigenvalue weighted by Crippen LogP contribution is -2.47. The number of amides is 1. The third-order valence-electron chi connectivity index (χ3n) is 4.59. The summed E-state index contributed by atoms with van der Waals surface area (Å²) >= 11 is 0. The maximum Gasteiger partial charge on any atom is 0.225 e. The molecule has 1 amide bonds. The Balaban J connectivity index is 0.00000180. The van der Waals surface area contributed by atoms with Gasteiger partial charge in [-0.05, 0) is 44.1 Å². The molecule has 1 heterocycles. The van der Waals surface area contributed by atoms with Gasteiger partial charge in [0.25, 0.3) is 0 Å². The molecule has 0 aromatic heterocycles. The molecule has 0 spiro atoms. The number of nitrogens with zero attached hydrogens (tertiary/aromatic N) is 1. The van der Waals surface area contributed by atoms with Gasteiger partial charge in [-0.25, -0.2) is 0 Å². The lowest BCUT2D eigenvalue weighted by Gasteiger charge is -2.34. The summed E-state index contributed by atoms with van der Waals surface area (Å²) in [7, 11) is 0. The number of likely N-dealkylation sites (tertiary alicyclic amines) is 1. The van der Waals surface area contributed by atoms with Crippen LogP contribution in [0.5, 0.6) is 0 Å². The predicted molar refractivity (Wildman–Crippen MR) is 81.6 cm³/mol. The number of rotatable bonds is 5. The molecule has 1 saturated heterocycles. The van der Waals surface area contributed by atoms with Crippen LogP contribution in [-0.2, 0) is 4.79 Å². The van der Waals surface area contributed by atoms with Gasteiger partial charge < -0.3 is 10.2 Å². The Morgan fingerprint density at radius 2 is 1.74 bits per heavy atom. The van der Waals surface area contributed by atoms with Crippen LogP contribution in [0.2, 0.25) is 0 Å². The van der Waals surface area contributed by atoms with Crippen molar-refractivity contribution in [3.8, 4) is 0 Å². The summed E-state index contributed by atoms with van der Waals surface area (Å²) in [5, 5.41) is 3.66. The third-order valence-corrected chi connectivity index (χ3v) is 4.59. The van der Waals surface area contributed by atoms with Crippen molar-refractivity contribution in [2.75, 3.05) is 19.6 Å². The zero-order valence-corrected chi connectivity index (χ0v) is 13.3. The van der Waals surface area contributed by atoms with Crippen molar-refractivity contribution in [2.45, 2.75) is 52.5 Å². The molecular formula is C15H29ClN2O. The Morgan fingerprint density at radius 1 is 1.16 bits per heavy atom. The number of piperidine rings is 1. The highest BCUT2D eigenvalue weighted by Crippen LogP contribution is 2.28. The minimum absolute atomic E-state index is 0. The number of halogens is 1. The monoisotopic (exact) mass is 288 g/mol. The van der Waals surface area contributed by atoms with Gasteiger partial charge >= 0.3 is 0 Å². The predicted octanol–water partition coefficient (Wildman–Crippen LogP) is 2.69. The second-order valence-electron chi connectivity index (χ2n) is 6.48. The standard InChI is InChI=1S/C15H28N2O.ClH/c1-11(2)12(3)15(18)17-8-6-14(7-9-17)16-10-13-4-5-13;/h11-14,16H,4-10H2,1-3H3;1H. The van der Waals surface area contributed by atoms with Crippen molar-refractivity contribution < 1.29 is 4.79 Å². The molecule has 1 N–H and O–H groups in total. The number of nitrogens with one attached hydrogen (secondary N) is 1. The summed E-state index contributed by atoms with van der Waals surface area (Å²) in [6.07, 6.45) is 5.08. The topological polar surface area (TPSA) is 32.3 Å².